The summed E-state index contributed by atoms with van der Waals surface area (Å²) < 4.78 is 0. The second-order valence-electron chi connectivity index (χ2n) is 16.5. The van der Waals surface area contributed by atoms with E-state index in [2.05, 4.69) is 26.6 Å². The lowest BCUT2D eigenvalue weighted by Crippen LogP contribution is -2.62. The Bertz CT molecular complexity index is 1580. The van der Waals surface area contributed by atoms with Crippen LogP contribution < -0.4 is 26.6 Å². The molecule has 1 aromatic carbocycles. The van der Waals surface area contributed by atoms with Gasteiger partial charge in [-0.1, -0.05) is 69.2 Å². The van der Waals surface area contributed by atoms with Crippen molar-refractivity contribution in [3.8, 4) is 0 Å². The second-order valence-corrected chi connectivity index (χ2v) is 16.5. The van der Waals surface area contributed by atoms with Gasteiger partial charge in [0.25, 0.3) is 5.91 Å². The third-order valence-corrected chi connectivity index (χ3v) is 10.7. The fraction of sp³-hybridized carbons (Fsp3) is 0.625. The Kier molecular flexibility index (Phi) is 15.0. The number of urea groups is 1. The molecule has 2 aliphatic rings. The van der Waals surface area contributed by atoms with E-state index in [4.69, 9.17) is 0 Å². The number of amides is 7. The van der Waals surface area contributed by atoms with Crippen LogP contribution in [0.4, 0.5) is 4.79 Å². The van der Waals surface area contributed by atoms with Crippen LogP contribution in [0.15, 0.2) is 42.0 Å². The normalized spacial score (nSPS) is 19.4. The van der Waals surface area contributed by atoms with Gasteiger partial charge in [0, 0.05) is 26.2 Å². The molecule has 14 nitrogen and oxygen atoms in total. The second kappa shape index (κ2) is 18.5. The molecule has 0 bridgehead atoms. The van der Waals surface area contributed by atoms with Gasteiger partial charge in [-0.15, -0.1) is 0 Å². The van der Waals surface area contributed by atoms with Crippen molar-refractivity contribution >= 4 is 41.4 Å². The minimum absolute atomic E-state index is 0.137. The van der Waals surface area contributed by atoms with Gasteiger partial charge in [-0.05, 0) is 83.1 Å². The number of ketones is 1. The molecule has 7 amide bonds. The molecule has 1 saturated carbocycles. The molecule has 1 heterocycles. The van der Waals surface area contributed by atoms with Crippen LogP contribution in [0.5, 0.6) is 0 Å². The molecule has 0 radical (unpaired) electrons. The fourth-order valence-electron chi connectivity index (χ4n) is 6.58. The number of likely N-dealkylation sites (N-methyl/N-ethyl adjacent to an activating group) is 1. The van der Waals surface area contributed by atoms with Crippen LogP contribution in [0, 0.1) is 17.3 Å². The zero-order valence-electron chi connectivity index (χ0n) is 33.6. The minimum Gasteiger partial charge on any atom is -0.347 e. The van der Waals surface area contributed by atoms with Gasteiger partial charge in [-0.2, -0.15) is 0 Å². The van der Waals surface area contributed by atoms with Gasteiger partial charge in [-0.3, -0.25) is 28.8 Å². The highest BCUT2D eigenvalue weighted by atomic mass is 16.2. The number of allylic oxidation sites excluding steroid dienone is 1. The summed E-state index contributed by atoms with van der Waals surface area (Å²) in [6, 6.07) is 4.07. The maximum Gasteiger partial charge on any atom is 0.315 e. The van der Waals surface area contributed by atoms with Crippen LogP contribution in [0.3, 0.4) is 0 Å². The van der Waals surface area contributed by atoms with E-state index < -0.39 is 77.1 Å². The summed E-state index contributed by atoms with van der Waals surface area (Å²) in [6.07, 6.45) is 4.85. The predicted octanol–water partition coefficient (Wildman–Crippen LogP) is 2.99. The van der Waals surface area contributed by atoms with Crippen molar-refractivity contribution in [3.05, 3.63) is 47.5 Å². The molecule has 0 aromatic heterocycles. The maximum absolute atomic E-state index is 14.4. The summed E-state index contributed by atoms with van der Waals surface area (Å²) in [5.74, 6) is -4.39. The maximum atomic E-state index is 14.4. The number of nitrogens with zero attached hydrogens (tertiary/aromatic N) is 2. The van der Waals surface area contributed by atoms with E-state index in [1.165, 1.54) is 9.80 Å². The van der Waals surface area contributed by atoms with Crippen molar-refractivity contribution in [2.45, 2.75) is 117 Å². The van der Waals surface area contributed by atoms with Crippen molar-refractivity contribution in [3.63, 3.8) is 0 Å². The molecule has 2 fully saturated rings. The van der Waals surface area contributed by atoms with Crippen molar-refractivity contribution in [2.75, 3.05) is 27.2 Å². The zero-order chi connectivity index (χ0) is 40.5. The van der Waals surface area contributed by atoms with E-state index in [0.717, 1.165) is 12.0 Å². The molecular formula is C40H61N7O7. The monoisotopic (exact) mass is 751 g/mol. The van der Waals surface area contributed by atoms with Crippen molar-refractivity contribution in [2.24, 2.45) is 17.3 Å². The average molecular weight is 752 g/mol. The molecule has 0 spiro atoms. The van der Waals surface area contributed by atoms with Gasteiger partial charge in [0.2, 0.25) is 29.4 Å². The summed E-state index contributed by atoms with van der Waals surface area (Å²) in [6.45, 7) is 14.7. The molecule has 54 heavy (non-hydrogen) atoms. The Hall–Kier alpha value is -4.75. The van der Waals surface area contributed by atoms with Gasteiger partial charge < -0.3 is 36.4 Å². The molecule has 5 N–H and O–H groups in total. The average Bonchev–Trinajstić information content (AvgIpc) is 3.55. The predicted molar refractivity (Wildman–Crippen MR) is 206 cm³/mol. The first-order chi connectivity index (χ1) is 25.2. The molecule has 1 aliphatic heterocycles. The lowest BCUT2D eigenvalue weighted by Gasteiger charge is -2.38. The Morgan fingerprint density at radius 1 is 0.944 bits per heavy atom. The number of hydrogen-bond acceptors (Lipinski definition) is 7. The molecular weight excluding hydrogens is 690 g/mol. The number of likely N-dealkylation sites (tertiary alicyclic amines) is 1. The summed E-state index contributed by atoms with van der Waals surface area (Å²) >= 11 is 0. The number of carbonyl (C=O) groups excluding carboxylic acids is 7. The summed E-state index contributed by atoms with van der Waals surface area (Å²) in [5.41, 5.74) is 0.336. The third kappa shape index (κ3) is 11.4. The number of nitrogens with one attached hydrogen (secondary N) is 5. The Balaban J connectivity index is 1.80. The quantitative estimate of drug-likeness (QED) is 0.135. The Morgan fingerprint density at radius 2 is 1.57 bits per heavy atom. The van der Waals surface area contributed by atoms with Gasteiger partial charge in [0.1, 0.15) is 24.2 Å². The summed E-state index contributed by atoms with van der Waals surface area (Å²) in [5, 5.41) is 13.6. The van der Waals surface area contributed by atoms with Crippen molar-refractivity contribution in [1.29, 1.82) is 0 Å². The first kappa shape index (κ1) is 43.7. The van der Waals surface area contributed by atoms with E-state index in [1.54, 1.807) is 44.4 Å². The van der Waals surface area contributed by atoms with Crippen LogP contribution in [0.25, 0.3) is 0 Å². The zero-order valence-corrected chi connectivity index (χ0v) is 33.6. The lowest BCUT2D eigenvalue weighted by molar-refractivity contribution is -0.145. The van der Waals surface area contributed by atoms with Crippen molar-refractivity contribution < 1.29 is 33.6 Å². The molecule has 14 heteroatoms. The smallest absolute Gasteiger partial charge is 0.315 e. The number of carbonyl (C=O) groups is 7. The van der Waals surface area contributed by atoms with Gasteiger partial charge in [-0.25, -0.2) is 4.79 Å². The fourth-order valence-corrected chi connectivity index (χ4v) is 6.58. The topological polar surface area (TPSA) is 186 Å². The van der Waals surface area contributed by atoms with E-state index in [9.17, 15) is 33.6 Å². The molecule has 3 rings (SSSR count). The third-order valence-electron chi connectivity index (χ3n) is 10.7. The molecule has 298 valence electrons. The van der Waals surface area contributed by atoms with Crippen LogP contribution in [0.1, 0.15) is 99.1 Å². The first-order valence-corrected chi connectivity index (χ1v) is 18.9. The van der Waals surface area contributed by atoms with Gasteiger partial charge in [0.05, 0.1) is 6.54 Å². The molecule has 1 aromatic rings. The van der Waals surface area contributed by atoms with E-state index in [-0.39, 0.29) is 24.3 Å². The van der Waals surface area contributed by atoms with Crippen LogP contribution >= 0.6 is 0 Å². The first-order valence-electron chi connectivity index (χ1n) is 18.9. The molecule has 5 atom stereocenters. The Morgan fingerprint density at radius 3 is 2.09 bits per heavy atom. The molecule has 1 saturated heterocycles. The van der Waals surface area contributed by atoms with Crippen molar-refractivity contribution in [1.82, 2.24) is 36.4 Å². The Labute approximate surface area is 320 Å². The number of rotatable bonds is 15. The standard InChI is InChI=1S/C40H61N7O7/c1-11-24(3)27-21-28(47(23-27)37(53)33(40(7,8)12-2)44-38(54)45-39(4,5)6)34(50)43-30(25-19-16-20-25)32(49)35(51)41-22-29(48)42-31(36(52)46(9)10)26-17-14-13-15-18-26/h11,13-15,17-18,25,27-28,30-31,33H,12,16,19-23H2,1-10H3,(H,41,51)(H,42,48)(H,43,50)(H2,44,45,54)/b24-11+/t27-,28+,30?,31+,33-/m1/s1. The van der Waals surface area contributed by atoms with Gasteiger partial charge in [0.15, 0.2) is 0 Å². The number of Topliss-reactive ketones (excluding diaryl/α,β-unsaturated/α-hetero) is 1. The molecule has 1 aliphatic carbocycles. The largest absolute Gasteiger partial charge is 0.347 e. The lowest BCUT2D eigenvalue weighted by atomic mass is 9.78. The van der Waals surface area contributed by atoms with Crippen LogP contribution in [-0.4, -0.2) is 102 Å². The van der Waals surface area contributed by atoms with Gasteiger partial charge >= 0.3 is 6.03 Å². The number of benzene rings is 1. The van der Waals surface area contributed by atoms with E-state index >= 15 is 0 Å². The summed E-state index contributed by atoms with van der Waals surface area (Å²) in [4.78, 5) is 97.2. The molecule has 1 unspecified atom stereocenters. The number of hydrogen-bond donors (Lipinski definition) is 5. The van der Waals surface area contributed by atoms with Crippen LogP contribution in [0.2, 0.25) is 0 Å². The minimum atomic E-state index is -1.17. The highest BCUT2D eigenvalue weighted by Crippen LogP contribution is 2.35. The highest BCUT2D eigenvalue weighted by molar-refractivity contribution is 6.38. The summed E-state index contributed by atoms with van der Waals surface area (Å²) in [7, 11) is 3.13. The van der Waals surface area contributed by atoms with E-state index in [0.29, 0.717) is 31.2 Å². The highest BCUT2D eigenvalue weighted by Gasteiger charge is 2.47. The van der Waals surface area contributed by atoms with E-state index in [1.807, 2.05) is 61.5 Å². The SMILES string of the molecule is C/C=C(\C)[C@@H]1C[C@@H](C(=O)NC(C(=O)C(=O)NCC(=O)N[C@H](C(=O)N(C)C)c2ccccc2)C2CCC2)N(C(=O)[C@@H](NC(=O)NC(C)(C)C)C(C)(C)CC)C1. The van der Waals surface area contributed by atoms with Crippen LogP contribution in [-0.2, 0) is 28.8 Å².